The van der Waals surface area contributed by atoms with E-state index in [1.807, 2.05) is 0 Å². The second kappa shape index (κ2) is 5.12. The summed E-state index contributed by atoms with van der Waals surface area (Å²) in [6.07, 6.45) is 1.63. The maximum absolute atomic E-state index is 11.6. The van der Waals surface area contributed by atoms with Crippen LogP contribution in [0.4, 0.5) is 10.5 Å². The maximum atomic E-state index is 11.6. The highest BCUT2D eigenvalue weighted by molar-refractivity contribution is 6.35. The Labute approximate surface area is 109 Å². The number of halogens is 2. The fourth-order valence-electron chi connectivity index (χ4n) is 1.72. The van der Waals surface area contributed by atoms with Crippen LogP contribution in [0, 0.1) is 0 Å². The fraction of sp³-hybridized carbons (Fsp3) is 0.364. The molecular formula is C11H13Cl2N3O. The smallest absolute Gasteiger partial charge is 0.319 e. The van der Waals surface area contributed by atoms with Gasteiger partial charge in [0.05, 0.1) is 10.7 Å². The molecule has 2 rings (SSSR count). The molecule has 4 N–H and O–H groups in total. The maximum Gasteiger partial charge on any atom is 0.319 e. The molecule has 1 saturated carbocycles. The van der Waals surface area contributed by atoms with Gasteiger partial charge in [0.1, 0.15) is 0 Å². The molecule has 0 radical (unpaired) electrons. The van der Waals surface area contributed by atoms with E-state index in [2.05, 4.69) is 10.6 Å². The summed E-state index contributed by atoms with van der Waals surface area (Å²) in [6.45, 7) is 0. The average molecular weight is 274 g/mol. The topological polar surface area (TPSA) is 67.1 Å². The summed E-state index contributed by atoms with van der Waals surface area (Å²) < 4.78 is 0. The molecule has 0 aromatic heterocycles. The molecular weight excluding hydrogens is 261 g/mol. The first kappa shape index (κ1) is 12.5. The lowest BCUT2D eigenvalue weighted by Crippen LogP contribution is -2.51. The van der Waals surface area contributed by atoms with Gasteiger partial charge in [-0.1, -0.05) is 23.2 Å². The molecule has 1 fully saturated rings. The van der Waals surface area contributed by atoms with E-state index in [0.717, 1.165) is 12.8 Å². The van der Waals surface area contributed by atoms with E-state index in [4.69, 9.17) is 28.9 Å². The third-order valence-corrected chi connectivity index (χ3v) is 3.25. The summed E-state index contributed by atoms with van der Waals surface area (Å²) in [5.74, 6) is 0. The van der Waals surface area contributed by atoms with Crippen molar-refractivity contribution in [1.82, 2.24) is 5.32 Å². The number of nitrogens with one attached hydrogen (secondary N) is 2. The van der Waals surface area contributed by atoms with E-state index in [1.165, 1.54) is 0 Å². The number of anilines is 1. The van der Waals surface area contributed by atoms with Crippen LogP contribution in [0.1, 0.15) is 12.8 Å². The lowest BCUT2D eigenvalue weighted by molar-refractivity contribution is 0.234. The molecule has 1 aliphatic carbocycles. The minimum Gasteiger partial charge on any atom is -0.335 e. The summed E-state index contributed by atoms with van der Waals surface area (Å²) in [4.78, 5) is 11.6. The van der Waals surface area contributed by atoms with Crippen LogP contribution < -0.4 is 16.4 Å². The molecule has 1 aromatic rings. The molecule has 17 heavy (non-hydrogen) atoms. The van der Waals surface area contributed by atoms with Crippen molar-refractivity contribution in [3.8, 4) is 0 Å². The molecule has 6 heteroatoms. The summed E-state index contributed by atoms with van der Waals surface area (Å²) in [6, 6.07) is 4.98. The highest BCUT2D eigenvalue weighted by Gasteiger charge is 2.27. The van der Waals surface area contributed by atoms with Crippen molar-refractivity contribution in [3.63, 3.8) is 0 Å². The van der Waals surface area contributed by atoms with Crippen molar-refractivity contribution in [2.45, 2.75) is 24.9 Å². The highest BCUT2D eigenvalue weighted by atomic mass is 35.5. The van der Waals surface area contributed by atoms with Gasteiger partial charge in [-0.3, -0.25) is 0 Å². The van der Waals surface area contributed by atoms with Crippen LogP contribution in [0.2, 0.25) is 10.0 Å². The van der Waals surface area contributed by atoms with Gasteiger partial charge < -0.3 is 16.4 Å². The Balaban J connectivity index is 1.91. The molecule has 0 spiro atoms. The number of urea groups is 1. The second-order valence-corrected chi connectivity index (χ2v) is 4.99. The van der Waals surface area contributed by atoms with Crippen molar-refractivity contribution < 1.29 is 4.79 Å². The van der Waals surface area contributed by atoms with E-state index >= 15 is 0 Å². The summed E-state index contributed by atoms with van der Waals surface area (Å²) in [7, 11) is 0. The number of amides is 2. The van der Waals surface area contributed by atoms with Crippen LogP contribution >= 0.6 is 23.2 Å². The number of hydrogen-bond acceptors (Lipinski definition) is 2. The third kappa shape index (κ3) is 3.25. The van der Waals surface area contributed by atoms with Crippen molar-refractivity contribution >= 4 is 34.9 Å². The number of carbonyl (C=O) groups excluding carboxylic acids is 1. The molecule has 0 saturated heterocycles. The standard InChI is InChI=1S/C11H13Cl2N3O/c12-6-1-2-9(13)10(3-6)16-11(17)15-8-4-7(14)5-8/h1-3,7-8H,4-5,14H2,(H2,15,16,17). The molecule has 1 aromatic carbocycles. The normalized spacial score (nSPS) is 22.8. The van der Waals surface area contributed by atoms with E-state index in [1.54, 1.807) is 18.2 Å². The Hall–Kier alpha value is -0.970. The average Bonchev–Trinajstić information content (AvgIpc) is 2.21. The second-order valence-electron chi connectivity index (χ2n) is 4.15. The Morgan fingerprint density at radius 2 is 2.06 bits per heavy atom. The van der Waals surface area contributed by atoms with Gasteiger partial charge in [-0.25, -0.2) is 4.79 Å². The molecule has 0 atom stereocenters. The molecule has 4 nitrogen and oxygen atoms in total. The fourth-order valence-corrected chi connectivity index (χ4v) is 2.05. The van der Waals surface area contributed by atoms with Crippen molar-refractivity contribution in [2.24, 2.45) is 5.73 Å². The van der Waals surface area contributed by atoms with Crippen LogP contribution in [0.3, 0.4) is 0 Å². The minimum absolute atomic E-state index is 0.156. The monoisotopic (exact) mass is 273 g/mol. The SMILES string of the molecule is NC1CC(NC(=O)Nc2cc(Cl)ccc2Cl)C1. The largest absolute Gasteiger partial charge is 0.335 e. The Bertz CT molecular complexity index is 433. The lowest BCUT2D eigenvalue weighted by atomic mass is 9.88. The molecule has 92 valence electrons. The van der Waals surface area contributed by atoms with Gasteiger partial charge in [0.2, 0.25) is 0 Å². The van der Waals surface area contributed by atoms with Gasteiger partial charge in [-0.15, -0.1) is 0 Å². The van der Waals surface area contributed by atoms with Crippen LogP contribution in [0.25, 0.3) is 0 Å². The van der Waals surface area contributed by atoms with E-state index in [0.29, 0.717) is 15.7 Å². The summed E-state index contributed by atoms with van der Waals surface area (Å²) >= 11 is 11.7. The van der Waals surface area contributed by atoms with Gasteiger partial charge in [0, 0.05) is 17.1 Å². The Morgan fingerprint density at radius 3 is 2.71 bits per heavy atom. The molecule has 0 unspecified atom stereocenters. The first-order valence-electron chi connectivity index (χ1n) is 5.33. The zero-order valence-electron chi connectivity index (χ0n) is 9.04. The predicted molar refractivity (Wildman–Crippen MR) is 69.6 cm³/mol. The minimum atomic E-state index is -0.286. The number of hydrogen-bond donors (Lipinski definition) is 3. The molecule has 0 heterocycles. The zero-order chi connectivity index (χ0) is 12.4. The van der Waals surface area contributed by atoms with E-state index in [9.17, 15) is 4.79 Å². The summed E-state index contributed by atoms with van der Waals surface area (Å²) in [5, 5.41) is 6.44. The molecule has 0 aliphatic heterocycles. The molecule has 2 amide bonds. The number of carbonyl (C=O) groups is 1. The van der Waals surface area contributed by atoms with Gasteiger partial charge in [0.15, 0.2) is 0 Å². The van der Waals surface area contributed by atoms with Crippen LogP contribution in [0.15, 0.2) is 18.2 Å². The van der Waals surface area contributed by atoms with Crippen LogP contribution in [-0.4, -0.2) is 18.1 Å². The Kier molecular flexibility index (Phi) is 3.76. The van der Waals surface area contributed by atoms with Gasteiger partial charge in [-0.05, 0) is 31.0 Å². The van der Waals surface area contributed by atoms with Crippen molar-refractivity contribution in [3.05, 3.63) is 28.2 Å². The zero-order valence-corrected chi connectivity index (χ0v) is 10.6. The summed E-state index contributed by atoms with van der Waals surface area (Å²) in [5.41, 5.74) is 6.13. The van der Waals surface area contributed by atoms with Crippen molar-refractivity contribution in [2.75, 3.05) is 5.32 Å². The molecule has 0 bridgehead atoms. The Morgan fingerprint density at radius 1 is 1.35 bits per heavy atom. The van der Waals surface area contributed by atoms with Crippen LogP contribution in [-0.2, 0) is 0 Å². The van der Waals surface area contributed by atoms with Crippen molar-refractivity contribution in [1.29, 1.82) is 0 Å². The van der Waals surface area contributed by atoms with Gasteiger partial charge in [0.25, 0.3) is 0 Å². The van der Waals surface area contributed by atoms with E-state index < -0.39 is 0 Å². The first-order chi connectivity index (χ1) is 8.04. The number of nitrogens with two attached hydrogens (primary N) is 1. The van der Waals surface area contributed by atoms with Crippen LogP contribution in [0.5, 0.6) is 0 Å². The first-order valence-corrected chi connectivity index (χ1v) is 6.08. The molecule has 1 aliphatic rings. The highest BCUT2D eigenvalue weighted by Crippen LogP contribution is 2.25. The number of rotatable bonds is 2. The predicted octanol–water partition coefficient (Wildman–Crippen LogP) is 2.60. The quantitative estimate of drug-likeness (QED) is 0.776. The number of benzene rings is 1. The van der Waals surface area contributed by atoms with Gasteiger partial charge in [-0.2, -0.15) is 0 Å². The third-order valence-electron chi connectivity index (χ3n) is 2.69. The lowest BCUT2D eigenvalue weighted by Gasteiger charge is -2.32. The van der Waals surface area contributed by atoms with Gasteiger partial charge >= 0.3 is 6.03 Å². The van der Waals surface area contributed by atoms with E-state index in [-0.39, 0.29) is 18.1 Å².